The molecule has 0 radical (unpaired) electrons. The molecule has 1 amide bonds. The van der Waals surface area contributed by atoms with Gasteiger partial charge < -0.3 is 16.0 Å². The van der Waals surface area contributed by atoms with Gasteiger partial charge in [-0.05, 0) is 36.5 Å². The molecule has 0 aromatic heterocycles. The lowest BCUT2D eigenvalue weighted by Gasteiger charge is -2.30. The molecule has 2 aliphatic rings. The van der Waals surface area contributed by atoms with Crippen LogP contribution in [0.4, 0.5) is 5.69 Å². The van der Waals surface area contributed by atoms with Gasteiger partial charge in [0.15, 0.2) is 0 Å². The van der Waals surface area contributed by atoms with Crippen LogP contribution in [-0.2, 0) is 0 Å². The Morgan fingerprint density at radius 2 is 2.30 bits per heavy atom. The molecule has 3 atom stereocenters. The second-order valence-corrected chi connectivity index (χ2v) is 6.65. The fourth-order valence-corrected chi connectivity index (χ4v) is 4.14. The van der Waals surface area contributed by atoms with E-state index >= 15 is 0 Å². The maximum atomic E-state index is 11.7. The fraction of sp³-hybridized carbons (Fsp3) is 0.533. The smallest absolute Gasteiger partial charge is 0.250 e. The zero-order valence-corrected chi connectivity index (χ0v) is 13.2. The van der Waals surface area contributed by atoms with Crippen molar-refractivity contribution in [3.05, 3.63) is 28.2 Å². The number of fused-ring (bicyclic) bond motifs is 1. The summed E-state index contributed by atoms with van der Waals surface area (Å²) in [6, 6.07) is 6.33. The summed E-state index contributed by atoms with van der Waals surface area (Å²) >= 11 is 3.42. The molecule has 0 saturated carbocycles. The van der Waals surface area contributed by atoms with Gasteiger partial charge in [0, 0.05) is 35.8 Å². The predicted molar refractivity (Wildman–Crippen MR) is 83.9 cm³/mol. The number of carbonyl (C=O) groups is 1. The van der Waals surface area contributed by atoms with Gasteiger partial charge in [-0.15, -0.1) is 0 Å². The van der Waals surface area contributed by atoms with E-state index in [2.05, 4.69) is 33.1 Å². The van der Waals surface area contributed by atoms with Gasteiger partial charge in [-0.1, -0.05) is 22.9 Å². The number of halogens is 1. The maximum Gasteiger partial charge on any atom is 0.250 e. The molecule has 1 aromatic rings. The van der Waals surface area contributed by atoms with E-state index < -0.39 is 0 Å². The van der Waals surface area contributed by atoms with Gasteiger partial charge in [-0.2, -0.15) is 0 Å². The van der Waals surface area contributed by atoms with Crippen LogP contribution in [0.1, 0.15) is 23.7 Å². The first-order valence-corrected chi connectivity index (χ1v) is 7.97. The van der Waals surface area contributed by atoms with Crippen molar-refractivity contribution in [3.63, 3.8) is 0 Å². The Bertz CT molecular complexity index is 534. The highest BCUT2D eigenvalue weighted by Gasteiger charge is 2.43. The van der Waals surface area contributed by atoms with Crippen LogP contribution >= 0.6 is 15.9 Å². The molecule has 2 fully saturated rings. The number of carbonyl (C=O) groups excluding carboxylic acids is 1. The van der Waals surface area contributed by atoms with Crippen LogP contribution in [0.15, 0.2) is 22.7 Å². The van der Waals surface area contributed by atoms with E-state index in [-0.39, 0.29) is 5.91 Å². The summed E-state index contributed by atoms with van der Waals surface area (Å²) in [4.78, 5) is 14.1. The Labute approximate surface area is 127 Å². The number of hydrogen-bond acceptors (Lipinski definition) is 3. The second kappa shape index (κ2) is 5.37. The summed E-state index contributed by atoms with van der Waals surface area (Å²) in [5, 5.41) is 3.48. The average molecular weight is 338 g/mol. The third-order valence-corrected chi connectivity index (χ3v) is 5.16. The van der Waals surface area contributed by atoms with Gasteiger partial charge in [-0.25, -0.2) is 0 Å². The molecule has 3 rings (SSSR count). The van der Waals surface area contributed by atoms with E-state index in [0.717, 1.165) is 36.2 Å². The van der Waals surface area contributed by atoms with E-state index in [4.69, 9.17) is 5.73 Å². The van der Waals surface area contributed by atoms with Crippen molar-refractivity contribution >= 4 is 27.5 Å². The minimum absolute atomic E-state index is 0.355. The van der Waals surface area contributed by atoms with Gasteiger partial charge >= 0.3 is 0 Å². The van der Waals surface area contributed by atoms with Crippen molar-refractivity contribution in [2.45, 2.75) is 19.4 Å². The molecule has 3 unspecified atom stereocenters. The molecule has 4 nitrogen and oxygen atoms in total. The van der Waals surface area contributed by atoms with Gasteiger partial charge in [0.25, 0.3) is 5.91 Å². The number of amides is 1. The van der Waals surface area contributed by atoms with Crippen LogP contribution in [0, 0.1) is 11.8 Å². The summed E-state index contributed by atoms with van der Waals surface area (Å²) in [6.07, 6.45) is 1.09. The third-order valence-electron chi connectivity index (χ3n) is 4.67. The van der Waals surface area contributed by atoms with E-state index in [9.17, 15) is 4.79 Å². The van der Waals surface area contributed by atoms with Crippen molar-refractivity contribution in [2.24, 2.45) is 17.6 Å². The highest BCUT2D eigenvalue weighted by Crippen LogP contribution is 2.39. The molecule has 0 spiro atoms. The lowest BCUT2D eigenvalue weighted by molar-refractivity contribution is 0.100. The quantitative estimate of drug-likeness (QED) is 0.886. The molecule has 0 aliphatic carbocycles. The molecule has 0 bridgehead atoms. The van der Waals surface area contributed by atoms with Crippen LogP contribution in [0.25, 0.3) is 0 Å². The number of benzene rings is 1. The molecule has 3 N–H and O–H groups in total. The first-order chi connectivity index (χ1) is 9.61. The SMILES string of the molecule is CCC1C2CNCC2CN1c1ccc(Br)cc1C(N)=O. The Hall–Kier alpha value is -1.07. The fourth-order valence-electron chi connectivity index (χ4n) is 3.78. The largest absolute Gasteiger partial charge is 0.367 e. The number of rotatable bonds is 3. The number of anilines is 1. The van der Waals surface area contributed by atoms with Crippen molar-refractivity contribution < 1.29 is 4.79 Å². The lowest BCUT2D eigenvalue weighted by Crippen LogP contribution is -2.36. The number of nitrogens with two attached hydrogens (primary N) is 1. The number of nitrogens with zero attached hydrogens (tertiary/aromatic N) is 1. The minimum atomic E-state index is -0.355. The van der Waals surface area contributed by atoms with E-state index in [0.29, 0.717) is 23.4 Å². The Morgan fingerprint density at radius 3 is 3.00 bits per heavy atom. The Kier molecular flexibility index (Phi) is 3.73. The van der Waals surface area contributed by atoms with Crippen LogP contribution < -0.4 is 16.0 Å². The highest BCUT2D eigenvalue weighted by molar-refractivity contribution is 9.10. The molecule has 2 aliphatic heterocycles. The van der Waals surface area contributed by atoms with Gasteiger partial charge in [0.05, 0.1) is 5.56 Å². The zero-order chi connectivity index (χ0) is 14.3. The van der Waals surface area contributed by atoms with Crippen LogP contribution in [0.5, 0.6) is 0 Å². The molecular formula is C15H20BrN3O. The van der Waals surface area contributed by atoms with E-state index in [1.165, 1.54) is 0 Å². The van der Waals surface area contributed by atoms with Crippen molar-refractivity contribution in [3.8, 4) is 0 Å². The summed E-state index contributed by atoms with van der Waals surface area (Å²) < 4.78 is 0.893. The van der Waals surface area contributed by atoms with Crippen LogP contribution in [-0.4, -0.2) is 31.6 Å². The number of hydrogen-bond donors (Lipinski definition) is 2. The Morgan fingerprint density at radius 1 is 1.50 bits per heavy atom. The molecule has 1 aromatic carbocycles. The van der Waals surface area contributed by atoms with Crippen LogP contribution in [0.2, 0.25) is 0 Å². The van der Waals surface area contributed by atoms with E-state index in [1.807, 2.05) is 18.2 Å². The molecular weight excluding hydrogens is 318 g/mol. The summed E-state index contributed by atoms with van der Waals surface area (Å²) in [5.41, 5.74) is 7.16. The second-order valence-electron chi connectivity index (χ2n) is 5.74. The number of primary amides is 1. The third kappa shape index (κ3) is 2.23. The van der Waals surface area contributed by atoms with Crippen LogP contribution in [0.3, 0.4) is 0 Å². The standard InChI is InChI=1S/C15H20BrN3O/c1-2-13-12-7-18-6-9(12)8-19(13)14-4-3-10(16)5-11(14)15(17)20/h3-5,9,12-13,18H,2,6-8H2,1H3,(H2,17,20). The van der Waals surface area contributed by atoms with E-state index in [1.54, 1.807) is 0 Å². The molecule has 5 heteroatoms. The van der Waals surface area contributed by atoms with Crippen molar-refractivity contribution in [1.82, 2.24) is 5.32 Å². The average Bonchev–Trinajstić information content (AvgIpc) is 2.98. The van der Waals surface area contributed by atoms with Gasteiger partial charge in [-0.3, -0.25) is 4.79 Å². The molecule has 2 heterocycles. The molecule has 2 saturated heterocycles. The van der Waals surface area contributed by atoms with Gasteiger partial charge in [0.2, 0.25) is 0 Å². The Balaban J connectivity index is 1.98. The molecule has 20 heavy (non-hydrogen) atoms. The highest BCUT2D eigenvalue weighted by atomic mass is 79.9. The normalized spacial score (nSPS) is 28.7. The van der Waals surface area contributed by atoms with Crippen molar-refractivity contribution in [1.29, 1.82) is 0 Å². The summed E-state index contributed by atoms with van der Waals surface area (Å²) in [7, 11) is 0. The molecule has 108 valence electrons. The van der Waals surface area contributed by atoms with Gasteiger partial charge in [0.1, 0.15) is 0 Å². The first-order valence-electron chi connectivity index (χ1n) is 7.18. The zero-order valence-electron chi connectivity index (χ0n) is 11.6. The number of nitrogens with one attached hydrogen (secondary N) is 1. The summed E-state index contributed by atoms with van der Waals surface area (Å²) in [6.45, 7) is 5.40. The topological polar surface area (TPSA) is 58.4 Å². The maximum absolute atomic E-state index is 11.7. The first kappa shape index (κ1) is 13.9. The monoisotopic (exact) mass is 337 g/mol. The minimum Gasteiger partial charge on any atom is -0.367 e. The lowest BCUT2D eigenvalue weighted by atomic mass is 9.92. The predicted octanol–water partition coefficient (Wildman–Crippen LogP) is 1.98. The summed E-state index contributed by atoms with van der Waals surface area (Å²) in [5.74, 6) is 1.01. The van der Waals surface area contributed by atoms with Crippen molar-refractivity contribution in [2.75, 3.05) is 24.5 Å².